The summed E-state index contributed by atoms with van der Waals surface area (Å²) in [6.45, 7) is -0.0829. The smallest absolute Gasteiger partial charge is 0.406 e. The fourth-order valence-electron chi connectivity index (χ4n) is 3.36. The number of alkyl halides is 3. The second-order valence-corrected chi connectivity index (χ2v) is 7.28. The number of aromatic amines is 1. The number of aromatic nitrogens is 2. The highest BCUT2D eigenvalue weighted by molar-refractivity contribution is 6.03. The second-order valence-electron chi connectivity index (χ2n) is 7.28. The molecule has 0 unspecified atom stereocenters. The topological polar surface area (TPSA) is 147 Å². The molecule has 1 saturated heterocycles. The minimum absolute atomic E-state index is 0.00918. The summed E-state index contributed by atoms with van der Waals surface area (Å²) in [6.07, 6.45) is -8.41. The van der Waals surface area contributed by atoms with Gasteiger partial charge in [0.05, 0.1) is 6.61 Å². The largest absolute Gasteiger partial charge is 0.573 e. The number of nitrogens with zero attached hydrogens (tertiary/aromatic N) is 2. The predicted octanol–water partition coefficient (Wildman–Crippen LogP) is 1.66. The monoisotopic (exact) mass is 494 g/mol. The Balaban J connectivity index is 1.43. The molecule has 3 N–H and O–H groups in total. The van der Waals surface area contributed by atoms with E-state index >= 15 is 0 Å². The zero-order valence-corrected chi connectivity index (χ0v) is 17.6. The van der Waals surface area contributed by atoms with E-state index in [-0.39, 0.29) is 30.4 Å². The van der Waals surface area contributed by atoms with E-state index in [1.807, 2.05) is 0 Å². The van der Waals surface area contributed by atoms with Gasteiger partial charge in [-0.25, -0.2) is 4.79 Å². The van der Waals surface area contributed by atoms with E-state index < -0.39 is 41.9 Å². The van der Waals surface area contributed by atoms with E-state index in [1.165, 1.54) is 36.4 Å². The maximum atomic E-state index is 12.9. The number of hydrogen-bond donors (Lipinski definition) is 3. The Morgan fingerprint density at radius 1 is 1.23 bits per heavy atom. The average molecular weight is 494 g/mol. The van der Waals surface area contributed by atoms with Crippen molar-refractivity contribution in [3.8, 4) is 17.1 Å². The van der Waals surface area contributed by atoms with Gasteiger partial charge in [-0.15, -0.1) is 13.2 Å². The quantitative estimate of drug-likeness (QED) is 0.469. The Bertz CT molecular complexity index is 1270. The molecule has 35 heavy (non-hydrogen) atoms. The fraction of sp³-hybridized carbons (Fsp3) is 0.238. The van der Waals surface area contributed by atoms with Crippen molar-refractivity contribution in [2.24, 2.45) is 0 Å². The summed E-state index contributed by atoms with van der Waals surface area (Å²) in [4.78, 5) is 39.9. The van der Waals surface area contributed by atoms with Crippen LogP contribution >= 0.6 is 0 Å². The third kappa shape index (κ3) is 5.67. The van der Waals surface area contributed by atoms with Gasteiger partial charge in [0.2, 0.25) is 0 Å². The van der Waals surface area contributed by atoms with Crippen LogP contribution in [0.1, 0.15) is 0 Å². The Morgan fingerprint density at radius 2 is 1.97 bits per heavy atom. The number of aliphatic hydroxyl groups excluding tert-OH is 1. The summed E-state index contributed by atoms with van der Waals surface area (Å²) < 4.78 is 51.1. The molecule has 184 valence electrons. The molecule has 2 aromatic carbocycles. The highest BCUT2D eigenvalue weighted by Crippen LogP contribution is 2.28. The first-order valence-electron chi connectivity index (χ1n) is 10.0. The number of nitrogens with one attached hydrogen (secondary N) is 2. The van der Waals surface area contributed by atoms with Crippen LogP contribution in [0, 0.1) is 0 Å². The van der Waals surface area contributed by atoms with Crippen LogP contribution in [0.15, 0.2) is 57.8 Å². The molecule has 1 aliphatic rings. The van der Waals surface area contributed by atoms with Gasteiger partial charge < -0.3 is 24.8 Å². The predicted molar refractivity (Wildman–Crippen MR) is 112 cm³/mol. The van der Waals surface area contributed by atoms with E-state index in [2.05, 4.69) is 24.7 Å². The number of H-pyrrole nitrogens is 1. The first-order valence-corrected chi connectivity index (χ1v) is 10.0. The lowest BCUT2D eigenvalue weighted by molar-refractivity contribution is -0.274. The number of benzene rings is 2. The lowest BCUT2D eigenvalue weighted by Gasteiger charge is -2.34. The van der Waals surface area contributed by atoms with Gasteiger partial charge in [-0.2, -0.15) is 0 Å². The van der Waals surface area contributed by atoms with Crippen molar-refractivity contribution in [3.05, 3.63) is 59.1 Å². The van der Waals surface area contributed by atoms with Crippen LogP contribution in [-0.2, 0) is 14.3 Å². The van der Waals surface area contributed by atoms with Crippen molar-refractivity contribution in [1.29, 1.82) is 0 Å². The van der Waals surface area contributed by atoms with Gasteiger partial charge in [-0.3, -0.25) is 19.1 Å². The fourth-order valence-corrected chi connectivity index (χ4v) is 3.36. The number of carbonyl (C=O) groups excluding carboxylic acids is 2. The van der Waals surface area contributed by atoms with Crippen molar-refractivity contribution >= 4 is 23.2 Å². The minimum Gasteiger partial charge on any atom is -0.406 e. The van der Waals surface area contributed by atoms with E-state index in [0.29, 0.717) is 5.56 Å². The summed E-state index contributed by atoms with van der Waals surface area (Å²) in [5.74, 6) is -2.83. The Morgan fingerprint density at radius 3 is 2.63 bits per heavy atom. The molecule has 1 aromatic heterocycles. The van der Waals surface area contributed by atoms with Crippen LogP contribution in [0.3, 0.4) is 0 Å². The number of anilines is 2. The number of carbonyl (C=O) groups is 2. The summed E-state index contributed by atoms with van der Waals surface area (Å²) in [7, 11) is 0. The van der Waals surface area contributed by atoms with Crippen LogP contribution in [0.5, 0.6) is 5.75 Å². The SMILES string of the molecule is O=C(Nc1ccc(-c2noc(=O)[nH]2)cc1)[C@H](O)[C@H]1OCCN(c2cccc(OC(F)(F)F)c2)C1=O. The summed E-state index contributed by atoms with van der Waals surface area (Å²) in [6, 6.07) is 10.7. The maximum Gasteiger partial charge on any atom is 0.573 e. The molecule has 0 spiro atoms. The standard InChI is InChI=1S/C21H17F3N4O7/c22-21(23,24)34-14-3-1-2-13(10-14)28-8-9-33-16(19(28)31)15(29)18(30)25-12-6-4-11(5-7-12)17-26-20(32)35-27-17/h1-7,10,15-16,29H,8-9H2,(H,25,30)(H,26,27,32)/t15-,16-/m1/s1. The molecular formula is C21H17F3N4O7. The molecule has 11 nitrogen and oxygen atoms in total. The van der Waals surface area contributed by atoms with Crippen molar-refractivity contribution in [2.45, 2.75) is 18.6 Å². The first-order chi connectivity index (χ1) is 16.6. The highest BCUT2D eigenvalue weighted by atomic mass is 19.4. The molecule has 2 heterocycles. The lowest BCUT2D eigenvalue weighted by Crippen LogP contribution is -2.55. The number of aliphatic hydroxyl groups is 1. The molecular weight excluding hydrogens is 477 g/mol. The number of hydrogen-bond acceptors (Lipinski definition) is 8. The van der Waals surface area contributed by atoms with Gasteiger partial charge in [0.25, 0.3) is 11.8 Å². The molecule has 1 fully saturated rings. The van der Waals surface area contributed by atoms with Gasteiger partial charge in [-0.05, 0) is 36.4 Å². The van der Waals surface area contributed by atoms with Crippen LogP contribution in [0.2, 0.25) is 0 Å². The van der Waals surface area contributed by atoms with Gasteiger partial charge in [0, 0.05) is 29.5 Å². The average Bonchev–Trinajstić information content (AvgIpc) is 3.24. The van der Waals surface area contributed by atoms with Crippen molar-refractivity contribution in [2.75, 3.05) is 23.4 Å². The molecule has 3 aromatic rings. The number of ether oxygens (including phenoxy) is 2. The molecule has 0 saturated carbocycles. The zero-order valence-electron chi connectivity index (χ0n) is 17.6. The number of rotatable bonds is 6. The number of morpholine rings is 1. The first kappa shape index (κ1) is 24.0. The van der Waals surface area contributed by atoms with Crippen LogP contribution in [0.25, 0.3) is 11.4 Å². The molecule has 0 radical (unpaired) electrons. The van der Waals surface area contributed by atoms with E-state index in [0.717, 1.165) is 17.0 Å². The van der Waals surface area contributed by atoms with Crippen LogP contribution < -0.4 is 20.7 Å². The third-order valence-electron chi connectivity index (χ3n) is 4.91. The molecule has 2 atom stereocenters. The molecule has 0 aliphatic carbocycles. The zero-order chi connectivity index (χ0) is 25.2. The van der Waals surface area contributed by atoms with Crippen LogP contribution in [-0.4, -0.2) is 58.8 Å². The van der Waals surface area contributed by atoms with Crippen molar-refractivity contribution in [1.82, 2.24) is 10.1 Å². The Hall–Kier alpha value is -4.17. The number of halogens is 3. The van der Waals surface area contributed by atoms with Crippen molar-refractivity contribution < 1.29 is 41.9 Å². The summed E-state index contributed by atoms with van der Waals surface area (Å²) in [5.41, 5.74) is 0.840. The molecule has 4 rings (SSSR count). The maximum absolute atomic E-state index is 12.9. The minimum atomic E-state index is -4.91. The van der Waals surface area contributed by atoms with E-state index in [9.17, 15) is 32.7 Å². The number of amides is 2. The van der Waals surface area contributed by atoms with Crippen molar-refractivity contribution in [3.63, 3.8) is 0 Å². The highest BCUT2D eigenvalue weighted by Gasteiger charge is 2.39. The normalized spacial score (nSPS) is 17.2. The Labute approximate surface area is 194 Å². The summed E-state index contributed by atoms with van der Waals surface area (Å²) >= 11 is 0. The van der Waals surface area contributed by atoms with Crippen LogP contribution in [0.4, 0.5) is 24.5 Å². The summed E-state index contributed by atoms with van der Waals surface area (Å²) in [5, 5.41) is 16.4. The van der Waals surface area contributed by atoms with Gasteiger partial charge in [0.15, 0.2) is 18.0 Å². The van der Waals surface area contributed by atoms with Gasteiger partial charge in [-0.1, -0.05) is 11.2 Å². The second kappa shape index (κ2) is 9.60. The lowest BCUT2D eigenvalue weighted by atomic mass is 10.1. The molecule has 1 aliphatic heterocycles. The molecule has 0 bridgehead atoms. The van der Waals surface area contributed by atoms with Gasteiger partial charge >= 0.3 is 12.1 Å². The third-order valence-corrected chi connectivity index (χ3v) is 4.91. The van der Waals surface area contributed by atoms with E-state index in [1.54, 1.807) is 0 Å². The Kier molecular flexibility index (Phi) is 6.57. The molecule has 14 heteroatoms. The van der Waals surface area contributed by atoms with Gasteiger partial charge in [0.1, 0.15) is 5.75 Å². The molecule has 2 amide bonds. The van der Waals surface area contributed by atoms with E-state index in [4.69, 9.17) is 4.74 Å².